The maximum atomic E-state index is 9.54. The van der Waals surface area contributed by atoms with Crippen molar-refractivity contribution in [1.29, 1.82) is 5.26 Å². The van der Waals surface area contributed by atoms with E-state index in [1.54, 1.807) is 11.7 Å². The van der Waals surface area contributed by atoms with E-state index in [9.17, 15) is 5.26 Å². The summed E-state index contributed by atoms with van der Waals surface area (Å²) in [5.74, 6) is 1.15. The summed E-state index contributed by atoms with van der Waals surface area (Å²) in [7, 11) is 1.77. The van der Waals surface area contributed by atoms with Gasteiger partial charge in [-0.05, 0) is 50.8 Å². The number of nitrogens with one attached hydrogen (secondary N) is 2. The van der Waals surface area contributed by atoms with Gasteiger partial charge in [-0.1, -0.05) is 47.5 Å². The van der Waals surface area contributed by atoms with E-state index in [-0.39, 0.29) is 0 Å². The average Bonchev–Trinajstić information content (AvgIpc) is 3.10. The fraction of sp³-hybridized carbons (Fsp3) is 0.320. The van der Waals surface area contributed by atoms with Crippen molar-refractivity contribution in [2.75, 3.05) is 25.9 Å². The Morgan fingerprint density at radius 3 is 2.41 bits per heavy atom. The third kappa shape index (κ3) is 5.88. The van der Waals surface area contributed by atoms with E-state index in [0.29, 0.717) is 30.0 Å². The lowest BCUT2D eigenvalue weighted by molar-refractivity contribution is 0.720. The molecular weight excluding hydrogens is 398 g/mol. The monoisotopic (exact) mass is 429 g/mol. The van der Waals surface area contributed by atoms with Gasteiger partial charge in [-0.3, -0.25) is 4.99 Å². The van der Waals surface area contributed by atoms with E-state index in [2.05, 4.69) is 58.8 Å². The molecule has 0 saturated carbocycles. The molecule has 2 aromatic carbocycles. The summed E-state index contributed by atoms with van der Waals surface area (Å²) >= 11 is 0. The fourth-order valence-corrected chi connectivity index (χ4v) is 3.76. The summed E-state index contributed by atoms with van der Waals surface area (Å²) < 4.78 is 1.63. The highest BCUT2D eigenvalue weighted by Gasteiger charge is 2.16. The minimum Gasteiger partial charge on any atom is -0.382 e. The number of para-hydroxylation sites is 1. The Labute approximate surface area is 190 Å². The van der Waals surface area contributed by atoms with Gasteiger partial charge in [0.05, 0.1) is 11.4 Å². The Balaban J connectivity index is 1.49. The second-order valence-corrected chi connectivity index (χ2v) is 7.84. The number of nitriles is 1. The number of anilines is 1. The molecule has 0 aliphatic heterocycles. The molecule has 3 rings (SSSR count). The Bertz CT molecular complexity index is 1090. The van der Waals surface area contributed by atoms with Crippen molar-refractivity contribution in [2.24, 2.45) is 4.99 Å². The number of aliphatic imine (C=N–C) groups is 1. The molecule has 7 nitrogen and oxygen atoms in total. The van der Waals surface area contributed by atoms with E-state index in [1.807, 2.05) is 30.3 Å². The molecule has 1 aromatic heterocycles. The van der Waals surface area contributed by atoms with E-state index in [4.69, 9.17) is 5.73 Å². The van der Waals surface area contributed by atoms with Crippen LogP contribution in [0.2, 0.25) is 0 Å². The van der Waals surface area contributed by atoms with Crippen LogP contribution in [0.4, 0.5) is 5.82 Å². The zero-order chi connectivity index (χ0) is 22.9. The first-order valence-corrected chi connectivity index (χ1v) is 10.9. The molecule has 166 valence electrons. The first-order valence-electron chi connectivity index (χ1n) is 10.9. The first kappa shape index (κ1) is 22.9. The van der Waals surface area contributed by atoms with Gasteiger partial charge in [-0.2, -0.15) is 10.4 Å². The molecule has 3 aromatic rings. The second-order valence-electron chi connectivity index (χ2n) is 7.84. The number of nitrogens with two attached hydrogens (primary N) is 1. The molecule has 0 spiro atoms. The lowest BCUT2D eigenvalue weighted by atomic mass is 10.1. The van der Waals surface area contributed by atoms with Gasteiger partial charge in [-0.25, -0.2) is 4.68 Å². The highest BCUT2D eigenvalue weighted by atomic mass is 15.3. The van der Waals surface area contributed by atoms with Crippen LogP contribution in [0.25, 0.3) is 5.69 Å². The van der Waals surface area contributed by atoms with Crippen LogP contribution in [0.15, 0.2) is 53.5 Å². The van der Waals surface area contributed by atoms with Gasteiger partial charge in [0.2, 0.25) is 0 Å². The van der Waals surface area contributed by atoms with Crippen molar-refractivity contribution in [3.8, 4) is 11.8 Å². The van der Waals surface area contributed by atoms with E-state index in [1.165, 1.54) is 16.7 Å². The molecule has 7 heteroatoms. The second kappa shape index (κ2) is 11.0. The number of hydrogen-bond acceptors (Lipinski definition) is 4. The Hall–Kier alpha value is -3.79. The molecule has 0 amide bonds. The standard InChI is InChI=1S/C25H31N7/c1-18-14-19(2)16-20(15-18)11-13-30-25(28-3)29-12-7-10-23-22(17-26)24(27)32(31-23)21-8-5-4-6-9-21/h4-6,8-9,14-16H,7,10-13,27H2,1-3H3,(H2,28,29,30). The largest absolute Gasteiger partial charge is 0.382 e. The van der Waals surface area contributed by atoms with Gasteiger partial charge < -0.3 is 16.4 Å². The molecule has 0 radical (unpaired) electrons. The van der Waals surface area contributed by atoms with Crippen LogP contribution >= 0.6 is 0 Å². The molecule has 0 fully saturated rings. The third-order valence-electron chi connectivity index (χ3n) is 5.20. The van der Waals surface area contributed by atoms with Crippen molar-refractivity contribution in [3.05, 3.63) is 76.5 Å². The van der Waals surface area contributed by atoms with Gasteiger partial charge in [0.15, 0.2) is 5.96 Å². The molecule has 0 aliphatic rings. The minimum atomic E-state index is 0.380. The number of benzene rings is 2. The lowest BCUT2D eigenvalue weighted by Crippen LogP contribution is -2.38. The molecule has 4 N–H and O–H groups in total. The van der Waals surface area contributed by atoms with Crippen molar-refractivity contribution in [2.45, 2.75) is 33.1 Å². The molecular formula is C25H31N7. The maximum absolute atomic E-state index is 9.54. The Morgan fingerprint density at radius 2 is 1.75 bits per heavy atom. The van der Waals surface area contributed by atoms with E-state index >= 15 is 0 Å². The summed E-state index contributed by atoms with van der Waals surface area (Å²) in [4.78, 5) is 4.29. The third-order valence-corrected chi connectivity index (χ3v) is 5.20. The number of aryl methyl sites for hydroxylation is 3. The summed E-state index contributed by atoms with van der Waals surface area (Å²) in [5, 5.41) is 20.8. The van der Waals surface area contributed by atoms with Gasteiger partial charge >= 0.3 is 0 Å². The van der Waals surface area contributed by atoms with Crippen LogP contribution in [0.1, 0.15) is 34.4 Å². The van der Waals surface area contributed by atoms with Gasteiger partial charge in [0, 0.05) is 20.1 Å². The number of nitrogen functional groups attached to an aromatic ring is 1. The number of guanidine groups is 1. The summed E-state index contributed by atoms with van der Waals surface area (Å²) in [6.07, 6.45) is 2.39. The highest BCUT2D eigenvalue weighted by molar-refractivity contribution is 5.79. The predicted molar refractivity (Wildman–Crippen MR) is 130 cm³/mol. The van der Waals surface area contributed by atoms with Crippen molar-refractivity contribution >= 4 is 11.8 Å². The molecule has 32 heavy (non-hydrogen) atoms. The molecule has 0 bridgehead atoms. The quantitative estimate of drug-likeness (QED) is 0.290. The van der Waals surface area contributed by atoms with Crippen LogP contribution in [-0.4, -0.2) is 35.9 Å². The summed E-state index contributed by atoms with van der Waals surface area (Å²) in [5.41, 5.74) is 12.1. The van der Waals surface area contributed by atoms with Crippen molar-refractivity contribution in [1.82, 2.24) is 20.4 Å². The number of hydrogen-bond donors (Lipinski definition) is 3. The summed E-state index contributed by atoms with van der Waals surface area (Å²) in [6, 6.07) is 18.4. The van der Waals surface area contributed by atoms with Gasteiger partial charge in [0.25, 0.3) is 0 Å². The van der Waals surface area contributed by atoms with Crippen LogP contribution < -0.4 is 16.4 Å². The number of aromatic nitrogens is 2. The Morgan fingerprint density at radius 1 is 1.06 bits per heavy atom. The lowest BCUT2D eigenvalue weighted by Gasteiger charge is -2.12. The molecule has 1 heterocycles. The topological polar surface area (TPSA) is 104 Å². The number of nitrogens with zero attached hydrogens (tertiary/aromatic N) is 4. The van der Waals surface area contributed by atoms with Crippen LogP contribution in [-0.2, 0) is 12.8 Å². The maximum Gasteiger partial charge on any atom is 0.190 e. The fourth-order valence-electron chi connectivity index (χ4n) is 3.76. The molecule has 0 saturated heterocycles. The zero-order valence-electron chi connectivity index (χ0n) is 19.0. The minimum absolute atomic E-state index is 0.380. The van der Waals surface area contributed by atoms with Crippen molar-refractivity contribution in [3.63, 3.8) is 0 Å². The zero-order valence-corrected chi connectivity index (χ0v) is 19.0. The summed E-state index contributed by atoms with van der Waals surface area (Å²) in [6.45, 7) is 5.77. The van der Waals surface area contributed by atoms with Crippen LogP contribution in [0, 0.1) is 25.2 Å². The molecule has 0 aliphatic carbocycles. The highest BCUT2D eigenvalue weighted by Crippen LogP contribution is 2.21. The van der Waals surface area contributed by atoms with Gasteiger partial charge in [0.1, 0.15) is 17.5 Å². The first-order chi connectivity index (χ1) is 15.5. The van der Waals surface area contributed by atoms with Gasteiger partial charge in [-0.15, -0.1) is 0 Å². The van der Waals surface area contributed by atoms with E-state index < -0.39 is 0 Å². The van der Waals surface area contributed by atoms with Crippen LogP contribution in [0.3, 0.4) is 0 Å². The predicted octanol–water partition coefficient (Wildman–Crippen LogP) is 3.28. The average molecular weight is 430 g/mol. The van der Waals surface area contributed by atoms with Crippen LogP contribution in [0.5, 0.6) is 0 Å². The Kier molecular flexibility index (Phi) is 7.87. The van der Waals surface area contributed by atoms with E-state index in [0.717, 1.165) is 31.0 Å². The molecule has 0 unspecified atom stereocenters. The molecule has 0 atom stereocenters. The SMILES string of the molecule is CN=C(NCCCc1nn(-c2ccccc2)c(N)c1C#N)NCCc1cc(C)cc(C)c1. The number of rotatable bonds is 8. The smallest absolute Gasteiger partial charge is 0.190 e. The normalized spacial score (nSPS) is 11.2. The van der Waals surface area contributed by atoms with Crippen molar-refractivity contribution < 1.29 is 0 Å².